The molecule has 3 rings (SSSR count). The molecule has 28 heavy (non-hydrogen) atoms. The van der Waals surface area contributed by atoms with Crippen LogP contribution in [0.1, 0.15) is 11.1 Å². The molecule has 0 heterocycles. The maximum atomic E-state index is 10.4. The Hall–Kier alpha value is -4.08. The minimum atomic E-state index is -1.21. The maximum absolute atomic E-state index is 10.4. The summed E-state index contributed by atoms with van der Waals surface area (Å²) < 4.78 is 0. The number of benzene rings is 3. The van der Waals surface area contributed by atoms with Gasteiger partial charge in [-0.1, -0.05) is 36.4 Å². The molecule has 0 aliphatic rings. The van der Waals surface area contributed by atoms with E-state index in [9.17, 15) is 30.3 Å². The third kappa shape index (κ3) is 4.36. The zero-order chi connectivity index (χ0) is 21.0. The predicted molar refractivity (Wildman–Crippen MR) is 101 cm³/mol. The first-order valence-electron chi connectivity index (χ1n) is 7.88. The Morgan fingerprint density at radius 3 is 1.43 bits per heavy atom. The lowest BCUT2D eigenvalue weighted by atomic mass is 10.0. The molecule has 0 atom stereocenters. The Balaban J connectivity index is 0.000000207. The number of hydrogen-bond donors (Lipinski definition) is 1. The van der Waals surface area contributed by atoms with E-state index in [4.69, 9.17) is 5.11 Å². The predicted octanol–water partition coefficient (Wildman–Crippen LogP) is 4.57. The highest BCUT2D eigenvalue weighted by Gasteiger charge is 2.30. The van der Waals surface area contributed by atoms with Crippen LogP contribution in [0.4, 0.5) is 17.1 Å². The van der Waals surface area contributed by atoms with Gasteiger partial charge in [0.05, 0.1) is 26.9 Å². The van der Waals surface area contributed by atoms with Gasteiger partial charge in [0, 0.05) is 0 Å². The Kier molecular flexibility index (Phi) is 5.84. The van der Waals surface area contributed by atoms with Crippen LogP contribution in [0.25, 0.3) is 10.8 Å². The van der Waals surface area contributed by atoms with Crippen molar-refractivity contribution in [2.45, 2.75) is 13.8 Å². The van der Waals surface area contributed by atoms with Crippen molar-refractivity contribution in [3.8, 4) is 5.75 Å². The van der Waals surface area contributed by atoms with Crippen LogP contribution in [0, 0.1) is 44.2 Å². The van der Waals surface area contributed by atoms with E-state index in [1.165, 1.54) is 21.9 Å². The quantitative estimate of drug-likeness (QED) is 0.512. The van der Waals surface area contributed by atoms with E-state index >= 15 is 0 Å². The molecule has 0 spiro atoms. The Morgan fingerprint density at radius 2 is 1.11 bits per heavy atom. The molecule has 0 aliphatic heterocycles. The number of rotatable bonds is 3. The highest BCUT2D eigenvalue weighted by molar-refractivity contribution is 5.83. The molecule has 0 aliphatic carbocycles. The molecule has 0 unspecified atom stereocenters. The number of nitrogens with zero attached hydrogens (tertiary/aromatic N) is 3. The van der Waals surface area contributed by atoms with Crippen LogP contribution in [0.15, 0.2) is 48.5 Å². The van der Waals surface area contributed by atoms with Gasteiger partial charge in [0.15, 0.2) is 0 Å². The van der Waals surface area contributed by atoms with E-state index in [1.807, 2.05) is 0 Å². The first-order chi connectivity index (χ1) is 13.1. The molecule has 1 N–H and O–H groups in total. The monoisotopic (exact) mass is 385 g/mol. The van der Waals surface area contributed by atoms with Gasteiger partial charge in [0.1, 0.15) is 0 Å². The summed E-state index contributed by atoms with van der Waals surface area (Å²) in [6, 6.07) is 13.8. The number of non-ortho nitro benzene ring substituents is 1. The minimum Gasteiger partial charge on any atom is -0.497 e. The van der Waals surface area contributed by atoms with Gasteiger partial charge < -0.3 is 5.11 Å². The highest BCUT2D eigenvalue weighted by Crippen LogP contribution is 2.38. The zero-order valence-electron chi connectivity index (χ0n) is 14.9. The van der Waals surface area contributed by atoms with E-state index in [0.29, 0.717) is 12.1 Å². The normalized spacial score (nSPS) is 10.1. The van der Waals surface area contributed by atoms with Crippen molar-refractivity contribution < 1.29 is 19.9 Å². The lowest BCUT2D eigenvalue weighted by Gasteiger charge is -2.02. The summed E-state index contributed by atoms with van der Waals surface area (Å²) in [6.45, 7) is 4.31. The van der Waals surface area contributed by atoms with E-state index in [1.54, 1.807) is 0 Å². The third-order valence-corrected chi connectivity index (χ3v) is 4.02. The summed E-state index contributed by atoms with van der Waals surface area (Å²) in [5.74, 6) is -1.21. The molecule has 0 radical (unpaired) electrons. The van der Waals surface area contributed by atoms with Gasteiger partial charge in [0.2, 0.25) is 0 Å². The van der Waals surface area contributed by atoms with E-state index < -0.39 is 37.6 Å². The average Bonchev–Trinajstić information content (AvgIpc) is 2.62. The van der Waals surface area contributed by atoms with Crippen molar-refractivity contribution >= 4 is 27.8 Å². The SMILES string of the molecule is Cc1cc2ccccc2cc1C.O=[N+]([O-])c1cc([N+](=O)[O-])c(O)c([N+](=O)[O-])c1. The van der Waals surface area contributed by atoms with Crippen molar-refractivity contribution in [1.82, 2.24) is 0 Å². The Labute approximate surface area is 158 Å². The van der Waals surface area contributed by atoms with E-state index in [0.717, 1.165) is 0 Å². The average molecular weight is 385 g/mol. The van der Waals surface area contributed by atoms with Gasteiger partial charge >= 0.3 is 11.4 Å². The lowest BCUT2D eigenvalue weighted by molar-refractivity contribution is -0.404. The number of fused-ring (bicyclic) bond motifs is 1. The molecule has 0 fully saturated rings. The smallest absolute Gasteiger partial charge is 0.324 e. The van der Waals surface area contributed by atoms with Gasteiger partial charge in [0.25, 0.3) is 11.4 Å². The van der Waals surface area contributed by atoms with Crippen molar-refractivity contribution in [3.63, 3.8) is 0 Å². The van der Waals surface area contributed by atoms with Crippen LogP contribution in [0.2, 0.25) is 0 Å². The molecule has 10 nitrogen and oxygen atoms in total. The van der Waals surface area contributed by atoms with Crippen molar-refractivity contribution in [3.05, 3.63) is 90.0 Å². The number of nitro groups is 3. The first-order valence-corrected chi connectivity index (χ1v) is 7.88. The fraction of sp³-hybridized carbons (Fsp3) is 0.111. The second-order valence-corrected chi connectivity index (χ2v) is 5.89. The molecular weight excluding hydrogens is 370 g/mol. The van der Waals surface area contributed by atoms with Gasteiger partial charge in [-0.2, -0.15) is 0 Å². The molecule has 0 aromatic heterocycles. The molecule has 3 aromatic rings. The van der Waals surface area contributed by atoms with Crippen LogP contribution in [-0.2, 0) is 0 Å². The van der Waals surface area contributed by atoms with Gasteiger partial charge in [-0.25, -0.2) is 0 Å². The van der Waals surface area contributed by atoms with Gasteiger partial charge in [-0.05, 0) is 35.7 Å². The molecule has 144 valence electrons. The summed E-state index contributed by atoms with van der Waals surface area (Å²) in [5.41, 5.74) is -0.264. The van der Waals surface area contributed by atoms with E-state index in [2.05, 4.69) is 50.2 Å². The summed E-state index contributed by atoms with van der Waals surface area (Å²) in [7, 11) is 0. The number of aromatic hydroxyl groups is 1. The molecular formula is C18H15N3O7. The molecule has 10 heteroatoms. The van der Waals surface area contributed by atoms with Crippen molar-refractivity contribution in [2.75, 3.05) is 0 Å². The number of hydrogen-bond acceptors (Lipinski definition) is 7. The van der Waals surface area contributed by atoms with Crippen LogP contribution in [0.5, 0.6) is 5.75 Å². The maximum Gasteiger partial charge on any atom is 0.324 e. The number of nitro benzene ring substituents is 3. The molecule has 0 saturated heterocycles. The summed E-state index contributed by atoms with van der Waals surface area (Å²) >= 11 is 0. The topological polar surface area (TPSA) is 150 Å². The van der Waals surface area contributed by atoms with Crippen LogP contribution in [-0.4, -0.2) is 19.9 Å². The van der Waals surface area contributed by atoms with Crippen LogP contribution in [0.3, 0.4) is 0 Å². The second kappa shape index (κ2) is 8.08. The van der Waals surface area contributed by atoms with Crippen LogP contribution < -0.4 is 0 Å². The molecule has 0 amide bonds. The van der Waals surface area contributed by atoms with Gasteiger partial charge in [-0.15, -0.1) is 0 Å². The number of phenolic OH excluding ortho intramolecular Hbond substituents is 1. The molecule has 0 bridgehead atoms. The molecule has 3 aromatic carbocycles. The molecule has 0 saturated carbocycles. The van der Waals surface area contributed by atoms with E-state index in [-0.39, 0.29) is 0 Å². The summed E-state index contributed by atoms with van der Waals surface area (Å²) in [6.07, 6.45) is 0. The summed E-state index contributed by atoms with van der Waals surface area (Å²) in [4.78, 5) is 27.8. The van der Waals surface area contributed by atoms with Crippen molar-refractivity contribution in [2.24, 2.45) is 0 Å². The first kappa shape index (κ1) is 20.2. The largest absolute Gasteiger partial charge is 0.497 e. The Morgan fingerprint density at radius 1 is 0.714 bits per heavy atom. The fourth-order valence-electron chi connectivity index (χ4n) is 2.44. The minimum absolute atomic E-state index is 0.447. The van der Waals surface area contributed by atoms with Crippen molar-refractivity contribution in [1.29, 1.82) is 0 Å². The van der Waals surface area contributed by atoms with Gasteiger partial charge in [-0.3, -0.25) is 30.3 Å². The lowest BCUT2D eigenvalue weighted by Crippen LogP contribution is -1.97. The van der Waals surface area contributed by atoms with Crippen LogP contribution >= 0.6 is 0 Å². The summed E-state index contributed by atoms with van der Waals surface area (Å²) in [5, 5.41) is 42.9. The highest BCUT2D eigenvalue weighted by atomic mass is 16.6. The fourth-order valence-corrected chi connectivity index (χ4v) is 2.44. The second-order valence-electron chi connectivity index (χ2n) is 5.89. The zero-order valence-corrected chi connectivity index (χ0v) is 14.9. The Bertz CT molecular complexity index is 1020. The third-order valence-electron chi connectivity index (χ3n) is 4.02. The standard InChI is InChI=1S/C12H12.C6H3N3O7/c1-9-7-11-5-3-4-6-12(11)8-10(9)2;10-6-4(8(13)14)1-3(7(11)12)2-5(6)9(15)16/h3-8H,1-2H3;1-2,10H. The number of aryl methyl sites for hydroxylation is 2. The number of phenols is 1.